The number of aliphatic hydroxyl groups excluding tert-OH is 1. The number of nitrogens with two attached hydrogens (primary N) is 1. The van der Waals surface area contributed by atoms with Crippen molar-refractivity contribution in [3.05, 3.63) is 11.3 Å². The quantitative estimate of drug-likeness (QED) is 0.517. The second-order valence-corrected chi connectivity index (χ2v) is 7.90. The number of likely N-dealkylation sites (N-methyl/N-ethyl adjacent to an activating group) is 1. The third-order valence-electron chi connectivity index (χ3n) is 4.87. The van der Waals surface area contributed by atoms with Gasteiger partial charge in [-0.25, -0.2) is 4.79 Å². The van der Waals surface area contributed by atoms with Crippen LogP contribution in [0.5, 0.6) is 0 Å². The lowest BCUT2D eigenvalue weighted by atomic mass is 9.94. The minimum absolute atomic E-state index is 0.0290. The number of rotatable bonds is 3. The average Bonchev–Trinajstić information content (AvgIpc) is 2.83. The van der Waals surface area contributed by atoms with Gasteiger partial charge in [0.05, 0.1) is 25.7 Å². The minimum Gasteiger partial charge on any atom is -0.473 e. The number of aliphatic hydroxyl groups is 1. The van der Waals surface area contributed by atoms with Gasteiger partial charge in [-0.2, -0.15) is 0 Å². The van der Waals surface area contributed by atoms with Gasteiger partial charge in [-0.05, 0) is 6.92 Å². The van der Waals surface area contributed by atoms with Crippen molar-refractivity contribution >= 4 is 23.6 Å². The minimum atomic E-state index is -0.969. The van der Waals surface area contributed by atoms with Gasteiger partial charge in [0.1, 0.15) is 6.54 Å². The van der Waals surface area contributed by atoms with Crippen molar-refractivity contribution in [3.63, 3.8) is 0 Å². The molecule has 0 radical (unpaired) electrons. The lowest BCUT2D eigenvalue weighted by molar-refractivity contribution is -0.893. The van der Waals surface area contributed by atoms with Gasteiger partial charge in [0.25, 0.3) is 5.70 Å². The second-order valence-electron chi connectivity index (χ2n) is 6.83. The van der Waals surface area contributed by atoms with Crippen molar-refractivity contribution in [2.24, 2.45) is 5.73 Å². The molecule has 0 spiro atoms. The fourth-order valence-electron chi connectivity index (χ4n) is 3.66. The number of carbonyl (C=O) groups is 1. The average molecular weight is 313 g/mol. The Labute approximate surface area is 128 Å². The molecule has 1 fully saturated rings. The maximum Gasteiger partial charge on any atom is 0.401 e. The van der Waals surface area contributed by atoms with Gasteiger partial charge in [-0.3, -0.25) is 0 Å². The van der Waals surface area contributed by atoms with Gasteiger partial charge in [0, 0.05) is 18.6 Å². The Balaban J connectivity index is 1.99. The third kappa shape index (κ3) is 2.18. The standard InChI is InChI=1S/C14H21N3O3S/c1-14(15)12(20)16-10(11(18)19)9(8-21-13(14)16)7-17(2)5-3-4-6-17/h13H,3-8,15H2,1-2H3/p+2/t13?,14-/m1/s1. The molecule has 21 heavy (non-hydrogen) atoms. The van der Waals surface area contributed by atoms with Gasteiger partial charge >= 0.3 is 11.9 Å². The Kier molecular flexibility index (Phi) is 3.35. The predicted octanol–water partition coefficient (Wildman–Crippen LogP) is 0.338. The van der Waals surface area contributed by atoms with Crippen LogP contribution in [0.4, 0.5) is 0 Å². The summed E-state index contributed by atoms with van der Waals surface area (Å²) >= 11 is 1.62. The Morgan fingerprint density at radius 1 is 1.52 bits per heavy atom. The lowest BCUT2D eigenvalue weighted by Gasteiger charge is -2.40. The highest BCUT2D eigenvalue weighted by Gasteiger charge is 2.64. The van der Waals surface area contributed by atoms with Crippen LogP contribution in [0, 0.1) is 0 Å². The molecule has 3 rings (SSSR count). The molecule has 0 bridgehead atoms. The van der Waals surface area contributed by atoms with Crippen LogP contribution in [-0.4, -0.2) is 74.5 Å². The van der Waals surface area contributed by atoms with Crippen LogP contribution in [0.2, 0.25) is 0 Å². The van der Waals surface area contributed by atoms with Crippen LogP contribution in [0.15, 0.2) is 11.3 Å². The number of hydrogen-bond donors (Lipinski definition) is 3. The molecule has 4 N–H and O–H groups in total. The molecule has 7 heteroatoms. The molecule has 3 aliphatic rings. The van der Waals surface area contributed by atoms with E-state index in [0.29, 0.717) is 5.75 Å². The largest absolute Gasteiger partial charge is 0.473 e. The summed E-state index contributed by atoms with van der Waals surface area (Å²) in [7, 11) is 2.18. The molecule has 0 aromatic heterocycles. The van der Waals surface area contributed by atoms with E-state index < -0.39 is 11.5 Å². The fourth-order valence-corrected chi connectivity index (χ4v) is 5.06. The highest BCUT2D eigenvalue weighted by Crippen LogP contribution is 2.40. The molecule has 0 aliphatic carbocycles. The van der Waals surface area contributed by atoms with Gasteiger partial charge in [0.2, 0.25) is 10.9 Å². The van der Waals surface area contributed by atoms with Crippen LogP contribution in [-0.2, 0) is 4.79 Å². The van der Waals surface area contributed by atoms with Gasteiger partial charge in [-0.1, -0.05) is 11.8 Å². The van der Waals surface area contributed by atoms with E-state index in [9.17, 15) is 15.0 Å². The molecule has 2 atom stereocenters. The third-order valence-corrected chi connectivity index (χ3v) is 6.40. The van der Waals surface area contributed by atoms with Crippen LogP contribution in [0.25, 0.3) is 0 Å². The van der Waals surface area contributed by atoms with E-state index in [1.54, 1.807) is 18.7 Å². The molecule has 1 saturated heterocycles. The first-order valence-corrected chi connectivity index (χ1v) is 8.36. The van der Waals surface area contributed by atoms with Crippen LogP contribution in [0.3, 0.4) is 0 Å². The predicted molar refractivity (Wildman–Crippen MR) is 81.4 cm³/mol. The van der Waals surface area contributed by atoms with E-state index in [4.69, 9.17) is 5.73 Å². The summed E-state index contributed by atoms with van der Waals surface area (Å²) in [5.74, 6) is -0.321. The highest BCUT2D eigenvalue weighted by atomic mass is 32.2. The number of likely N-dealkylation sites (tertiary alicyclic amines) is 1. The summed E-state index contributed by atoms with van der Waals surface area (Å²) in [6.07, 6.45) is 2.40. The maximum absolute atomic E-state index is 11.7. The van der Waals surface area contributed by atoms with Gasteiger partial charge in [-0.15, -0.1) is 4.58 Å². The number of carboxylic acids is 1. The van der Waals surface area contributed by atoms with E-state index in [2.05, 4.69) is 7.05 Å². The maximum atomic E-state index is 11.7. The summed E-state index contributed by atoms with van der Waals surface area (Å²) in [4.78, 5) is 11.7. The van der Waals surface area contributed by atoms with Crippen molar-refractivity contribution in [1.82, 2.24) is 0 Å². The highest BCUT2D eigenvalue weighted by molar-refractivity contribution is 8.00. The summed E-state index contributed by atoms with van der Waals surface area (Å²) in [6.45, 7) is 4.67. The number of hydrogen-bond acceptors (Lipinski definition) is 3. The molecular weight excluding hydrogens is 290 g/mol. The number of aliphatic carboxylic acids is 1. The van der Waals surface area contributed by atoms with Crippen LogP contribution in [0.1, 0.15) is 19.8 Å². The molecule has 0 saturated carbocycles. The zero-order chi connectivity index (χ0) is 15.4. The smallest absolute Gasteiger partial charge is 0.401 e. The van der Waals surface area contributed by atoms with Gasteiger partial charge < -0.3 is 20.4 Å². The number of fused-ring (bicyclic) bond motifs is 1. The molecule has 0 amide bonds. The van der Waals surface area contributed by atoms with Gasteiger partial charge in [0.15, 0.2) is 0 Å². The normalized spacial score (nSPS) is 34.7. The molecule has 3 aliphatic heterocycles. The number of thioether (sulfide) groups is 1. The topological polar surface area (TPSA) is 86.6 Å². The molecular formula is C14H23N3O3S+2. The first-order chi connectivity index (χ1) is 9.76. The van der Waals surface area contributed by atoms with Crippen molar-refractivity contribution < 1.29 is 24.1 Å². The Morgan fingerprint density at radius 3 is 2.71 bits per heavy atom. The van der Waals surface area contributed by atoms with E-state index in [-0.39, 0.29) is 17.0 Å². The van der Waals surface area contributed by atoms with Crippen molar-refractivity contribution in [2.45, 2.75) is 30.7 Å². The molecule has 116 valence electrons. The van der Waals surface area contributed by atoms with E-state index in [0.717, 1.165) is 29.7 Å². The Morgan fingerprint density at radius 2 is 2.14 bits per heavy atom. The SMILES string of the molecule is C[C@@]1(N)C(O)=[N+]2C(C(=O)O)=C(C[N+]3(C)CCCC3)CSC21. The Bertz CT molecular complexity index is 562. The van der Waals surface area contributed by atoms with Crippen molar-refractivity contribution in [3.8, 4) is 0 Å². The molecule has 0 aromatic carbocycles. The number of carboxylic acid groups (broad SMARTS) is 1. The lowest BCUT2D eigenvalue weighted by Crippen LogP contribution is -2.71. The zero-order valence-corrected chi connectivity index (χ0v) is 13.3. The Hall–Kier alpha value is -1.05. The summed E-state index contributed by atoms with van der Waals surface area (Å²) in [6, 6.07) is 0. The zero-order valence-electron chi connectivity index (χ0n) is 12.5. The summed E-state index contributed by atoms with van der Waals surface area (Å²) in [5.41, 5.74) is 6.37. The number of quaternary nitrogens is 1. The molecule has 1 unspecified atom stereocenters. The number of nitrogens with zero attached hydrogens (tertiary/aromatic N) is 2. The molecule has 6 nitrogen and oxygen atoms in total. The van der Waals surface area contributed by atoms with E-state index in [1.165, 1.54) is 17.4 Å². The summed E-state index contributed by atoms with van der Waals surface area (Å²) in [5, 5.41) is 19.5. The van der Waals surface area contributed by atoms with E-state index >= 15 is 0 Å². The molecule has 3 heterocycles. The fraction of sp³-hybridized carbons (Fsp3) is 0.714. The van der Waals surface area contributed by atoms with Crippen LogP contribution < -0.4 is 5.73 Å². The summed E-state index contributed by atoms with van der Waals surface area (Å²) < 4.78 is 2.40. The van der Waals surface area contributed by atoms with E-state index in [1.807, 2.05) is 0 Å². The monoisotopic (exact) mass is 313 g/mol. The first-order valence-electron chi connectivity index (χ1n) is 7.31. The molecule has 0 aromatic rings. The van der Waals surface area contributed by atoms with Crippen molar-refractivity contribution in [2.75, 3.05) is 32.4 Å². The first kappa shape index (κ1) is 14.9. The second kappa shape index (κ2) is 4.72. The van der Waals surface area contributed by atoms with Crippen molar-refractivity contribution in [1.29, 1.82) is 0 Å². The van der Waals surface area contributed by atoms with Crippen LogP contribution >= 0.6 is 11.8 Å².